The molecule has 22 heavy (non-hydrogen) atoms. The molecule has 2 aromatic rings. The molecule has 0 saturated heterocycles. The van der Waals surface area contributed by atoms with Crippen LogP contribution in [0.25, 0.3) is 10.8 Å². The minimum atomic E-state index is -4.92. The first kappa shape index (κ1) is 16.1. The van der Waals surface area contributed by atoms with Crippen LogP contribution >= 0.6 is 0 Å². The fourth-order valence-electron chi connectivity index (χ4n) is 2.03. The quantitative estimate of drug-likeness (QED) is 0.825. The molecule has 1 amide bonds. The molecule has 0 bridgehead atoms. The molecule has 0 aliphatic heterocycles. The van der Waals surface area contributed by atoms with Crippen LogP contribution in [-0.4, -0.2) is 18.7 Å². The van der Waals surface area contributed by atoms with Crippen molar-refractivity contribution in [2.75, 3.05) is 11.9 Å². The van der Waals surface area contributed by atoms with Crippen LogP contribution in [0.5, 0.6) is 5.75 Å². The molecule has 0 unspecified atom stereocenters. The summed E-state index contributed by atoms with van der Waals surface area (Å²) in [4.78, 5) is 11.1. The molecule has 0 atom stereocenters. The smallest absolute Gasteiger partial charge is 0.471 e. The summed E-state index contributed by atoms with van der Waals surface area (Å²) in [5, 5.41) is 3.07. The molecule has 2 aromatic carbocycles. The van der Waals surface area contributed by atoms with Crippen molar-refractivity contribution in [2.45, 2.75) is 25.9 Å². The molecule has 0 heterocycles. The summed E-state index contributed by atoms with van der Waals surface area (Å²) >= 11 is 0. The lowest BCUT2D eigenvalue weighted by atomic mass is 10.1. The molecule has 3 nitrogen and oxygen atoms in total. The summed E-state index contributed by atoms with van der Waals surface area (Å²) in [7, 11) is 0. The van der Waals surface area contributed by atoms with Crippen LogP contribution in [0.1, 0.15) is 19.8 Å². The molecule has 6 heteroatoms. The number of rotatable bonds is 5. The number of hydrogen-bond acceptors (Lipinski definition) is 2. The van der Waals surface area contributed by atoms with E-state index < -0.39 is 12.1 Å². The molecule has 0 fully saturated rings. The number of carbonyl (C=O) groups excluding carboxylic acids is 1. The van der Waals surface area contributed by atoms with Crippen molar-refractivity contribution in [1.29, 1.82) is 0 Å². The molecule has 1 N–H and O–H groups in total. The van der Waals surface area contributed by atoms with Crippen molar-refractivity contribution in [3.8, 4) is 5.75 Å². The van der Waals surface area contributed by atoms with E-state index in [1.165, 1.54) is 6.07 Å². The van der Waals surface area contributed by atoms with Gasteiger partial charge in [0.25, 0.3) is 0 Å². The Morgan fingerprint density at radius 2 is 1.82 bits per heavy atom. The standard InChI is InChI=1S/C16H16F3NO2/c1-2-3-10-22-14-9-8-13(20-15(21)16(17,18)19)11-6-4-5-7-12(11)14/h4-9H,2-3,10H2,1H3,(H,20,21). The monoisotopic (exact) mass is 311 g/mol. The highest BCUT2D eigenvalue weighted by Gasteiger charge is 2.38. The summed E-state index contributed by atoms with van der Waals surface area (Å²) in [5.41, 5.74) is 0.112. The van der Waals surface area contributed by atoms with Crippen LogP contribution in [-0.2, 0) is 4.79 Å². The van der Waals surface area contributed by atoms with Gasteiger partial charge in [0.05, 0.1) is 6.61 Å². The van der Waals surface area contributed by atoms with E-state index in [9.17, 15) is 18.0 Å². The highest BCUT2D eigenvalue weighted by atomic mass is 19.4. The second kappa shape index (κ2) is 6.68. The van der Waals surface area contributed by atoms with Gasteiger partial charge in [-0.15, -0.1) is 0 Å². The third kappa shape index (κ3) is 3.69. The van der Waals surface area contributed by atoms with Crippen LogP contribution in [0.3, 0.4) is 0 Å². The summed E-state index contributed by atoms with van der Waals surface area (Å²) < 4.78 is 42.8. The van der Waals surface area contributed by atoms with E-state index >= 15 is 0 Å². The maximum Gasteiger partial charge on any atom is 0.471 e. The number of unbranched alkanes of at least 4 members (excludes halogenated alkanes) is 1. The number of benzene rings is 2. The van der Waals surface area contributed by atoms with E-state index in [1.807, 2.05) is 12.2 Å². The first-order valence-electron chi connectivity index (χ1n) is 6.96. The number of hydrogen-bond donors (Lipinski definition) is 1. The SMILES string of the molecule is CCCCOc1ccc(NC(=O)C(F)(F)F)c2ccccc12. The Kier molecular flexibility index (Phi) is 4.90. The van der Waals surface area contributed by atoms with Crippen molar-refractivity contribution in [3.05, 3.63) is 36.4 Å². The maximum absolute atomic E-state index is 12.4. The Bertz CT molecular complexity index is 668. The Hall–Kier alpha value is -2.24. The van der Waals surface area contributed by atoms with Crippen LogP contribution in [0.2, 0.25) is 0 Å². The number of carbonyl (C=O) groups is 1. The summed E-state index contributed by atoms with van der Waals surface area (Å²) in [6.45, 7) is 2.58. The molecule has 2 rings (SSSR count). The number of halogens is 3. The van der Waals surface area contributed by atoms with Gasteiger partial charge in [-0.3, -0.25) is 4.79 Å². The van der Waals surface area contributed by atoms with Crippen molar-refractivity contribution >= 4 is 22.4 Å². The first-order chi connectivity index (χ1) is 10.4. The molecule has 118 valence electrons. The minimum absolute atomic E-state index is 0.112. The van der Waals surface area contributed by atoms with Crippen LogP contribution in [0, 0.1) is 0 Å². The number of anilines is 1. The number of amides is 1. The van der Waals surface area contributed by atoms with Gasteiger partial charge in [-0.2, -0.15) is 13.2 Å². The fraction of sp³-hybridized carbons (Fsp3) is 0.312. The van der Waals surface area contributed by atoms with Crippen molar-refractivity contribution in [2.24, 2.45) is 0 Å². The summed E-state index contributed by atoms with van der Waals surface area (Å²) in [5.74, 6) is -1.40. The Morgan fingerprint density at radius 3 is 2.45 bits per heavy atom. The zero-order chi connectivity index (χ0) is 16.2. The van der Waals surface area contributed by atoms with Gasteiger partial charge in [0.1, 0.15) is 5.75 Å². The highest BCUT2D eigenvalue weighted by Crippen LogP contribution is 2.32. The third-order valence-electron chi connectivity index (χ3n) is 3.15. The van der Waals surface area contributed by atoms with Gasteiger partial charge in [-0.05, 0) is 18.6 Å². The topological polar surface area (TPSA) is 38.3 Å². The third-order valence-corrected chi connectivity index (χ3v) is 3.15. The highest BCUT2D eigenvalue weighted by molar-refractivity contribution is 6.05. The fourth-order valence-corrected chi connectivity index (χ4v) is 2.03. The van der Waals surface area contributed by atoms with Crippen molar-refractivity contribution in [3.63, 3.8) is 0 Å². The first-order valence-corrected chi connectivity index (χ1v) is 6.96. The molecule has 0 aliphatic rings. The second-order valence-corrected chi connectivity index (χ2v) is 4.81. The van der Waals surface area contributed by atoms with E-state index in [4.69, 9.17) is 4.74 Å². The molecule has 0 aliphatic carbocycles. The number of fused-ring (bicyclic) bond motifs is 1. The summed E-state index contributed by atoms with van der Waals surface area (Å²) in [6, 6.07) is 9.86. The molecule has 0 spiro atoms. The predicted molar refractivity (Wildman–Crippen MR) is 79.0 cm³/mol. The van der Waals surface area contributed by atoms with Gasteiger partial charge in [0.15, 0.2) is 0 Å². The van der Waals surface area contributed by atoms with Gasteiger partial charge >= 0.3 is 12.1 Å². The van der Waals surface area contributed by atoms with Crippen molar-refractivity contribution in [1.82, 2.24) is 0 Å². The molecule has 0 aromatic heterocycles. The second-order valence-electron chi connectivity index (χ2n) is 4.81. The van der Waals surface area contributed by atoms with Gasteiger partial charge in [-0.25, -0.2) is 0 Å². The lowest BCUT2D eigenvalue weighted by Crippen LogP contribution is -2.30. The summed E-state index contributed by atoms with van der Waals surface area (Å²) in [6.07, 6.45) is -3.05. The Morgan fingerprint density at radius 1 is 1.14 bits per heavy atom. The zero-order valence-electron chi connectivity index (χ0n) is 12.0. The van der Waals surface area contributed by atoms with Gasteiger partial charge < -0.3 is 10.1 Å². The van der Waals surface area contributed by atoms with E-state index in [-0.39, 0.29) is 5.69 Å². The lowest BCUT2D eigenvalue weighted by Gasteiger charge is -2.14. The number of alkyl halides is 3. The number of ether oxygens (including phenoxy) is 1. The Balaban J connectivity index is 2.34. The number of nitrogens with one attached hydrogen (secondary N) is 1. The largest absolute Gasteiger partial charge is 0.493 e. The van der Waals surface area contributed by atoms with E-state index in [0.29, 0.717) is 23.1 Å². The van der Waals surface area contributed by atoms with Crippen molar-refractivity contribution < 1.29 is 22.7 Å². The molecule has 0 saturated carbocycles. The molecule has 0 radical (unpaired) electrons. The Labute approximate surface area is 126 Å². The molecular weight excluding hydrogens is 295 g/mol. The predicted octanol–water partition coefficient (Wildman–Crippen LogP) is 4.52. The van der Waals surface area contributed by atoms with Crippen LogP contribution in [0.4, 0.5) is 18.9 Å². The van der Waals surface area contributed by atoms with Crippen LogP contribution in [0.15, 0.2) is 36.4 Å². The molecular formula is C16H16F3NO2. The van der Waals surface area contributed by atoms with E-state index in [0.717, 1.165) is 12.8 Å². The van der Waals surface area contributed by atoms with E-state index in [1.54, 1.807) is 30.3 Å². The lowest BCUT2D eigenvalue weighted by molar-refractivity contribution is -0.167. The van der Waals surface area contributed by atoms with Gasteiger partial charge in [-0.1, -0.05) is 37.6 Å². The zero-order valence-corrected chi connectivity index (χ0v) is 12.0. The van der Waals surface area contributed by atoms with E-state index in [2.05, 4.69) is 0 Å². The average Bonchev–Trinajstić information content (AvgIpc) is 2.48. The van der Waals surface area contributed by atoms with Crippen LogP contribution < -0.4 is 10.1 Å². The maximum atomic E-state index is 12.4. The van der Waals surface area contributed by atoms with Gasteiger partial charge in [0.2, 0.25) is 0 Å². The van der Waals surface area contributed by atoms with Gasteiger partial charge in [0, 0.05) is 16.5 Å². The normalized spacial score (nSPS) is 11.5. The minimum Gasteiger partial charge on any atom is -0.493 e. The average molecular weight is 311 g/mol.